The summed E-state index contributed by atoms with van der Waals surface area (Å²) in [6.45, 7) is 8.09. The molecule has 3 heteroatoms. The fourth-order valence-corrected chi connectivity index (χ4v) is 3.69. The molecule has 0 amide bonds. The van der Waals surface area contributed by atoms with Crippen LogP contribution in [0.1, 0.15) is 55.3 Å². The van der Waals surface area contributed by atoms with Gasteiger partial charge in [-0.05, 0) is 42.9 Å². The highest BCUT2D eigenvalue weighted by Gasteiger charge is 2.25. The van der Waals surface area contributed by atoms with Crippen molar-refractivity contribution in [3.05, 3.63) is 53.3 Å². The normalized spacial score (nSPS) is 20.9. The summed E-state index contributed by atoms with van der Waals surface area (Å²) < 4.78 is 0. The highest BCUT2D eigenvalue weighted by Crippen LogP contribution is 2.29. The first kappa shape index (κ1) is 15.3. The van der Waals surface area contributed by atoms with Gasteiger partial charge in [-0.15, -0.1) is 0 Å². The minimum absolute atomic E-state index is 0.590. The molecule has 0 unspecified atom stereocenters. The van der Waals surface area contributed by atoms with E-state index in [1.807, 2.05) is 6.20 Å². The van der Waals surface area contributed by atoms with Crippen LogP contribution in [0.3, 0.4) is 0 Å². The number of likely N-dealkylation sites (tertiary alicyclic amines) is 1. The van der Waals surface area contributed by atoms with E-state index in [1.54, 1.807) is 0 Å². The Hall–Kier alpha value is -1.61. The minimum atomic E-state index is 0.590. The van der Waals surface area contributed by atoms with Gasteiger partial charge in [0.25, 0.3) is 0 Å². The fourth-order valence-electron chi connectivity index (χ4n) is 3.69. The number of H-pyrrole nitrogens is 1. The number of hydrogen-bond acceptors (Lipinski definition) is 2. The van der Waals surface area contributed by atoms with Gasteiger partial charge in [-0.1, -0.05) is 44.2 Å². The van der Waals surface area contributed by atoms with Crippen molar-refractivity contribution in [1.29, 1.82) is 0 Å². The molecule has 2 atom stereocenters. The van der Waals surface area contributed by atoms with E-state index < -0.39 is 0 Å². The molecule has 1 aliphatic heterocycles. The van der Waals surface area contributed by atoms with Gasteiger partial charge >= 0.3 is 0 Å². The van der Waals surface area contributed by atoms with Crippen LogP contribution >= 0.6 is 0 Å². The number of aromatic nitrogens is 2. The van der Waals surface area contributed by atoms with Crippen LogP contribution in [0.5, 0.6) is 0 Å². The van der Waals surface area contributed by atoms with Crippen molar-refractivity contribution in [2.24, 2.45) is 0 Å². The predicted octanol–water partition coefficient (Wildman–Crippen LogP) is 3.96. The Morgan fingerprint density at radius 2 is 2.14 bits per heavy atom. The molecule has 3 rings (SSSR count). The van der Waals surface area contributed by atoms with Crippen LogP contribution in [0.4, 0.5) is 0 Å². The van der Waals surface area contributed by atoms with Crippen LogP contribution in [0, 0.1) is 0 Å². The molecule has 2 aromatic rings. The lowest BCUT2D eigenvalue weighted by Crippen LogP contribution is -2.37. The third-order valence-corrected chi connectivity index (χ3v) is 4.95. The number of aromatic amines is 1. The molecule has 1 aliphatic rings. The van der Waals surface area contributed by atoms with Crippen LogP contribution in [-0.2, 0) is 6.42 Å². The molecule has 1 fully saturated rings. The van der Waals surface area contributed by atoms with Crippen molar-refractivity contribution in [2.45, 2.75) is 44.9 Å². The summed E-state index contributed by atoms with van der Waals surface area (Å²) in [6.07, 6.45) is 5.64. The maximum atomic E-state index is 4.26. The van der Waals surface area contributed by atoms with E-state index in [4.69, 9.17) is 0 Å². The molecule has 3 nitrogen and oxygen atoms in total. The molecule has 2 heterocycles. The van der Waals surface area contributed by atoms with E-state index in [1.165, 1.54) is 36.2 Å². The molecule has 1 N–H and O–H groups in total. The molecule has 1 aromatic heterocycles. The van der Waals surface area contributed by atoms with Gasteiger partial charge in [-0.3, -0.25) is 5.10 Å². The Kier molecular flexibility index (Phi) is 4.94. The third-order valence-electron chi connectivity index (χ3n) is 4.95. The van der Waals surface area contributed by atoms with Gasteiger partial charge in [0.15, 0.2) is 0 Å². The summed E-state index contributed by atoms with van der Waals surface area (Å²) in [4.78, 5) is 2.63. The summed E-state index contributed by atoms with van der Waals surface area (Å²) in [7, 11) is 0. The Bertz CT molecular complexity index is 575. The van der Waals surface area contributed by atoms with Crippen molar-refractivity contribution in [3.63, 3.8) is 0 Å². The van der Waals surface area contributed by atoms with E-state index in [2.05, 4.69) is 59.3 Å². The molecule has 118 valence electrons. The van der Waals surface area contributed by atoms with Gasteiger partial charge in [0.05, 0.1) is 6.20 Å². The lowest BCUT2D eigenvalue weighted by atomic mass is 9.91. The average molecular weight is 297 g/mol. The quantitative estimate of drug-likeness (QED) is 0.906. The van der Waals surface area contributed by atoms with Crippen LogP contribution < -0.4 is 0 Å². The van der Waals surface area contributed by atoms with Crippen molar-refractivity contribution in [3.8, 4) is 0 Å². The van der Waals surface area contributed by atoms with Crippen LogP contribution in [-0.4, -0.2) is 34.7 Å². The smallest absolute Gasteiger partial charge is 0.0522 e. The maximum Gasteiger partial charge on any atom is 0.0522 e. The van der Waals surface area contributed by atoms with Crippen molar-refractivity contribution >= 4 is 0 Å². The minimum Gasteiger partial charge on any atom is -0.302 e. The Balaban J connectivity index is 1.63. The van der Waals surface area contributed by atoms with Crippen LogP contribution in [0.15, 0.2) is 36.5 Å². The first-order valence-corrected chi connectivity index (χ1v) is 8.57. The molecule has 0 radical (unpaired) electrons. The average Bonchev–Trinajstić information content (AvgIpc) is 3.04. The first-order chi connectivity index (χ1) is 10.8. The fraction of sp³-hybridized carbons (Fsp3) is 0.526. The number of benzene rings is 1. The zero-order chi connectivity index (χ0) is 15.4. The second-order valence-electron chi connectivity index (χ2n) is 6.57. The van der Waals surface area contributed by atoms with E-state index in [0.717, 1.165) is 19.5 Å². The van der Waals surface area contributed by atoms with E-state index in [-0.39, 0.29) is 0 Å². The van der Waals surface area contributed by atoms with Crippen LogP contribution in [0.2, 0.25) is 0 Å². The molecule has 0 spiro atoms. The zero-order valence-corrected chi connectivity index (χ0v) is 13.8. The lowest BCUT2D eigenvalue weighted by molar-refractivity contribution is 0.197. The Labute approximate surface area is 133 Å². The highest BCUT2D eigenvalue weighted by molar-refractivity contribution is 5.22. The van der Waals surface area contributed by atoms with Gasteiger partial charge in [0, 0.05) is 24.7 Å². The topological polar surface area (TPSA) is 31.9 Å². The molecule has 0 bridgehead atoms. The summed E-state index contributed by atoms with van der Waals surface area (Å²) in [5, 5.41) is 7.51. The van der Waals surface area contributed by atoms with Gasteiger partial charge in [-0.2, -0.15) is 5.10 Å². The number of nitrogens with zero attached hydrogens (tertiary/aromatic N) is 2. The summed E-state index contributed by atoms with van der Waals surface area (Å²) in [5.74, 6) is 1.21. The standard InChI is InChI=1S/C19H27N3/c1-3-16-12-20-21-19(16)18-10-7-11-22(14-18)13-15(2)17-8-5-4-6-9-17/h4-6,8-9,12,15,18H,3,7,10-11,13-14H2,1-2H3,(H,20,21)/t15-,18+/m0/s1. The van der Waals surface area contributed by atoms with Crippen LogP contribution in [0.25, 0.3) is 0 Å². The first-order valence-electron chi connectivity index (χ1n) is 8.57. The monoisotopic (exact) mass is 297 g/mol. The number of piperidine rings is 1. The van der Waals surface area contributed by atoms with Gasteiger partial charge in [-0.25, -0.2) is 0 Å². The molecular formula is C19H27N3. The van der Waals surface area contributed by atoms with Gasteiger partial charge in [0.2, 0.25) is 0 Å². The molecule has 1 aromatic carbocycles. The number of nitrogens with one attached hydrogen (secondary N) is 1. The Morgan fingerprint density at radius 1 is 1.32 bits per heavy atom. The molecular weight excluding hydrogens is 270 g/mol. The number of rotatable bonds is 5. The second kappa shape index (κ2) is 7.10. The number of aryl methyl sites for hydroxylation is 1. The largest absolute Gasteiger partial charge is 0.302 e. The summed E-state index contributed by atoms with van der Waals surface area (Å²) in [6, 6.07) is 10.9. The van der Waals surface area contributed by atoms with Gasteiger partial charge < -0.3 is 4.90 Å². The van der Waals surface area contributed by atoms with Crippen molar-refractivity contribution in [2.75, 3.05) is 19.6 Å². The maximum absolute atomic E-state index is 4.26. The van der Waals surface area contributed by atoms with Crippen molar-refractivity contribution in [1.82, 2.24) is 15.1 Å². The highest BCUT2D eigenvalue weighted by atomic mass is 15.2. The van der Waals surface area contributed by atoms with Gasteiger partial charge in [0.1, 0.15) is 0 Å². The second-order valence-corrected chi connectivity index (χ2v) is 6.57. The van der Waals surface area contributed by atoms with E-state index in [0.29, 0.717) is 11.8 Å². The number of hydrogen-bond donors (Lipinski definition) is 1. The summed E-state index contributed by atoms with van der Waals surface area (Å²) in [5.41, 5.74) is 4.21. The third kappa shape index (κ3) is 3.41. The molecule has 0 aliphatic carbocycles. The molecule has 22 heavy (non-hydrogen) atoms. The SMILES string of the molecule is CCc1cn[nH]c1[C@@H]1CCCN(C[C@H](C)c2ccccc2)C1. The van der Waals surface area contributed by atoms with E-state index in [9.17, 15) is 0 Å². The lowest BCUT2D eigenvalue weighted by Gasteiger charge is -2.34. The zero-order valence-electron chi connectivity index (χ0n) is 13.8. The predicted molar refractivity (Wildman–Crippen MR) is 91.2 cm³/mol. The Morgan fingerprint density at radius 3 is 2.91 bits per heavy atom. The van der Waals surface area contributed by atoms with Crippen molar-refractivity contribution < 1.29 is 0 Å². The van der Waals surface area contributed by atoms with E-state index >= 15 is 0 Å². The summed E-state index contributed by atoms with van der Waals surface area (Å²) >= 11 is 0. The molecule has 1 saturated heterocycles. The molecule has 0 saturated carbocycles.